The number of aromatic nitrogens is 1. The fourth-order valence-electron chi connectivity index (χ4n) is 3.02. The van der Waals surface area contributed by atoms with Crippen LogP contribution in [0.15, 0.2) is 42.6 Å². The molecule has 0 spiro atoms. The van der Waals surface area contributed by atoms with E-state index in [2.05, 4.69) is 56.7 Å². The van der Waals surface area contributed by atoms with Crippen molar-refractivity contribution in [3.8, 4) is 0 Å². The molecule has 1 aliphatic heterocycles. The summed E-state index contributed by atoms with van der Waals surface area (Å²) in [5.41, 5.74) is 2.51. The van der Waals surface area contributed by atoms with E-state index in [1.165, 1.54) is 5.69 Å². The van der Waals surface area contributed by atoms with Crippen LogP contribution in [0.25, 0.3) is 0 Å². The SMILES string of the molecule is CN1CCN(c2ccc(Nc3cc(C(=O)NC(C)(C)C)ccn3)cc2)CC1. The average Bonchev–Trinajstić information content (AvgIpc) is 2.62. The largest absolute Gasteiger partial charge is 0.369 e. The van der Waals surface area contributed by atoms with E-state index >= 15 is 0 Å². The molecule has 1 aromatic heterocycles. The van der Waals surface area contributed by atoms with Crippen molar-refractivity contribution in [3.63, 3.8) is 0 Å². The van der Waals surface area contributed by atoms with Gasteiger partial charge in [-0.3, -0.25) is 4.79 Å². The molecule has 1 aliphatic rings. The van der Waals surface area contributed by atoms with E-state index in [0.717, 1.165) is 31.9 Å². The van der Waals surface area contributed by atoms with Crippen LogP contribution in [0.5, 0.6) is 0 Å². The Hall–Kier alpha value is -2.60. The molecule has 2 aromatic rings. The second-order valence-electron chi connectivity index (χ2n) is 8.10. The lowest BCUT2D eigenvalue weighted by Gasteiger charge is -2.34. The number of anilines is 3. The van der Waals surface area contributed by atoms with Crippen LogP contribution in [-0.4, -0.2) is 54.6 Å². The zero-order valence-electron chi connectivity index (χ0n) is 16.6. The van der Waals surface area contributed by atoms with Crippen molar-refractivity contribution < 1.29 is 4.79 Å². The molecular weight excluding hydrogens is 338 g/mol. The number of nitrogens with one attached hydrogen (secondary N) is 2. The molecule has 0 aliphatic carbocycles. The highest BCUT2D eigenvalue weighted by Gasteiger charge is 2.16. The van der Waals surface area contributed by atoms with Crippen molar-refractivity contribution in [2.24, 2.45) is 0 Å². The topological polar surface area (TPSA) is 60.5 Å². The van der Waals surface area contributed by atoms with Gasteiger partial charge < -0.3 is 20.4 Å². The highest BCUT2D eigenvalue weighted by molar-refractivity contribution is 5.95. The van der Waals surface area contributed by atoms with Crippen molar-refractivity contribution in [1.29, 1.82) is 0 Å². The number of rotatable bonds is 4. The molecule has 0 radical (unpaired) electrons. The van der Waals surface area contributed by atoms with Crippen LogP contribution < -0.4 is 15.5 Å². The van der Waals surface area contributed by atoms with Gasteiger partial charge in [0.2, 0.25) is 0 Å². The summed E-state index contributed by atoms with van der Waals surface area (Å²) in [6.07, 6.45) is 1.65. The third-order valence-corrected chi connectivity index (χ3v) is 4.52. The van der Waals surface area contributed by atoms with Crippen LogP contribution >= 0.6 is 0 Å². The molecule has 2 N–H and O–H groups in total. The zero-order chi connectivity index (χ0) is 19.4. The molecule has 6 nitrogen and oxygen atoms in total. The number of piperazine rings is 1. The summed E-state index contributed by atoms with van der Waals surface area (Å²) in [6, 6.07) is 11.9. The molecule has 0 saturated carbocycles. The summed E-state index contributed by atoms with van der Waals surface area (Å²) in [5.74, 6) is 0.558. The molecule has 144 valence electrons. The maximum atomic E-state index is 12.3. The predicted molar refractivity (Wildman–Crippen MR) is 111 cm³/mol. The number of nitrogens with zero attached hydrogens (tertiary/aromatic N) is 3. The Labute approximate surface area is 161 Å². The van der Waals surface area contributed by atoms with Gasteiger partial charge in [0, 0.05) is 54.9 Å². The van der Waals surface area contributed by atoms with E-state index in [1.807, 2.05) is 20.8 Å². The van der Waals surface area contributed by atoms with Gasteiger partial charge >= 0.3 is 0 Å². The number of amides is 1. The van der Waals surface area contributed by atoms with Crippen molar-refractivity contribution >= 4 is 23.1 Å². The van der Waals surface area contributed by atoms with Crippen LogP contribution in [0.2, 0.25) is 0 Å². The predicted octanol–water partition coefficient (Wildman–Crippen LogP) is 3.11. The summed E-state index contributed by atoms with van der Waals surface area (Å²) in [6.45, 7) is 10.2. The van der Waals surface area contributed by atoms with E-state index in [-0.39, 0.29) is 11.4 Å². The Morgan fingerprint density at radius 3 is 2.33 bits per heavy atom. The smallest absolute Gasteiger partial charge is 0.251 e. The second-order valence-corrected chi connectivity index (χ2v) is 8.10. The molecule has 2 heterocycles. The minimum absolute atomic E-state index is 0.0987. The molecule has 0 atom stereocenters. The molecule has 3 rings (SSSR count). The number of likely N-dealkylation sites (N-methyl/N-ethyl adjacent to an activating group) is 1. The van der Waals surface area contributed by atoms with Crippen LogP contribution in [0.1, 0.15) is 31.1 Å². The fourth-order valence-corrected chi connectivity index (χ4v) is 3.02. The standard InChI is InChI=1S/C21H29N5O/c1-21(2,3)24-20(27)16-9-10-22-19(15-16)23-17-5-7-18(8-6-17)26-13-11-25(4)12-14-26/h5-10,15H,11-14H2,1-4H3,(H,22,23)(H,24,27). The van der Waals surface area contributed by atoms with Gasteiger partial charge in [-0.15, -0.1) is 0 Å². The van der Waals surface area contributed by atoms with Gasteiger partial charge in [-0.25, -0.2) is 4.98 Å². The molecule has 1 aromatic carbocycles. The fraction of sp³-hybridized carbons (Fsp3) is 0.429. The molecule has 1 amide bonds. The van der Waals surface area contributed by atoms with Crippen molar-refractivity contribution in [1.82, 2.24) is 15.2 Å². The first kappa shape index (κ1) is 19.2. The van der Waals surface area contributed by atoms with E-state index in [0.29, 0.717) is 11.4 Å². The molecule has 27 heavy (non-hydrogen) atoms. The van der Waals surface area contributed by atoms with Crippen LogP contribution in [-0.2, 0) is 0 Å². The summed E-state index contributed by atoms with van der Waals surface area (Å²) in [4.78, 5) is 21.4. The number of carbonyl (C=O) groups excluding carboxylic acids is 1. The Bertz CT molecular complexity index is 774. The lowest BCUT2D eigenvalue weighted by Crippen LogP contribution is -2.44. The third-order valence-electron chi connectivity index (χ3n) is 4.52. The third kappa shape index (κ3) is 5.44. The highest BCUT2D eigenvalue weighted by atomic mass is 16.1. The van der Waals surface area contributed by atoms with Gasteiger partial charge in [-0.2, -0.15) is 0 Å². The van der Waals surface area contributed by atoms with Crippen LogP contribution in [0.4, 0.5) is 17.2 Å². The molecule has 0 bridgehead atoms. The number of benzene rings is 1. The first-order chi connectivity index (χ1) is 12.8. The molecule has 6 heteroatoms. The second kappa shape index (κ2) is 7.96. The van der Waals surface area contributed by atoms with Gasteiger partial charge in [0.25, 0.3) is 5.91 Å². The van der Waals surface area contributed by atoms with Crippen molar-refractivity contribution in [2.75, 3.05) is 43.4 Å². The Balaban J connectivity index is 1.65. The first-order valence-electron chi connectivity index (χ1n) is 9.39. The Morgan fingerprint density at radius 1 is 1.04 bits per heavy atom. The monoisotopic (exact) mass is 367 g/mol. The van der Waals surface area contributed by atoms with Gasteiger partial charge in [0.1, 0.15) is 5.82 Å². The summed E-state index contributed by atoms with van der Waals surface area (Å²) >= 11 is 0. The maximum absolute atomic E-state index is 12.3. The molecule has 1 saturated heterocycles. The Kier molecular flexibility index (Phi) is 5.65. The number of carbonyl (C=O) groups is 1. The molecule has 0 unspecified atom stereocenters. The zero-order valence-corrected chi connectivity index (χ0v) is 16.6. The lowest BCUT2D eigenvalue weighted by atomic mass is 10.1. The summed E-state index contributed by atoms with van der Waals surface area (Å²) in [7, 11) is 2.16. The van der Waals surface area contributed by atoms with Gasteiger partial charge in [0.15, 0.2) is 0 Å². The molecular formula is C21H29N5O. The number of hydrogen-bond donors (Lipinski definition) is 2. The minimum atomic E-state index is -0.271. The van der Waals surface area contributed by atoms with E-state index in [4.69, 9.17) is 0 Å². The van der Waals surface area contributed by atoms with E-state index in [1.54, 1.807) is 18.3 Å². The van der Waals surface area contributed by atoms with Gasteiger partial charge in [0.05, 0.1) is 0 Å². The first-order valence-corrected chi connectivity index (χ1v) is 9.39. The van der Waals surface area contributed by atoms with Crippen LogP contribution in [0, 0.1) is 0 Å². The normalized spacial score (nSPS) is 15.5. The van der Waals surface area contributed by atoms with Crippen LogP contribution in [0.3, 0.4) is 0 Å². The van der Waals surface area contributed by atoms with Crippen molar-refractivity contribution in [3.05, 3.63) is 48.2 Å². The minimum Gasteiger partial charge on any atom is -0.369 e. The molecule has 1 fully saturated rings. The van der Waals surface area contributed by atoms with Gasteiger partial charge in [-0.1, -0.05) is 0 Å². The maximum Gasteiger partial charge on any atom is 0.251 e. The Morgan fingerprint density at radius 2 is 1.70 bits per heavy atom. The number of hydrogen-bond acceptors (Lipinski definition) is 5. The van der Waals surface area contributed by atoms with E-state index < -0.39 is 0 Å². The average molecular weight is 367 g/mol. The van der Waals surface area contributed by atoms with Crippen molar-refractivity contribution in [2.45, 2.75) is 26.3 Å². The van der Waals surface area contributed by atoms with E-state index in [9.17, 15) is 4.79 Å². The quantitative estimate of drug-likeness (QED) is 0.870. The number of pyridine rings is 1. The summed E-state index contributed by atoms with van der Waals surface area (Å²) < 4.78 is 0. The highest BCUT2D eigenvalue weighted by Crippen LogP contribution is 2.22. The lowest BCUT2D eigenvalue weighted by molar-refractivity contribution is 0.0919. The summed E-state index contributed by atoms with van der Waals surface area (Å²) in [5, 5.41) is 6.25. The van der Waals surface area contributed by atoms with Gasteiger partial charge in [-0.05, 0) is 64.2 Å².